The SMILES string of the molecule is CCCc1nc(C2CCC(C(C)C)CC2)sc1CNCC. The molecule has 3 heteroatoms. The third kappa shape index (κ3) is 4.53. The van der Waals surface area contributed by atoms with Crippen molar-refractivity contribution < 1.29 is 0 Å². The van der Waals surface area contributed by atoms with Crippen LogP contribution in [0.4, 0.5) is 0 Å². The third-order valence-corrected chi connectivity index (χ3v) is 6.14. The fraction of sp³-hybridized carbons (Fsp3) is 0.833. The van der Waals surface area contributed by atoms with E-state index in [1.807, 2.05) is 11.3 Å². The van der Waals surface area contributed by atoms with Gasteiger partial charge in [0, 0.05) is 17.3 Å². The van der Waals surface area contributed by atoms with Crippen LogP contribution in [0, 0.1) is 11.8 Å². The van der Waals surface area contributed by atoms with Gasteiger partial charge in [-0.3, -0.25) is 0 Å². The van der Waals surface area contributed by atoms with E-state index in [-0.39, 0.29) is 0 Å². The minimum absolute atomic E-state index is 0.732. The zero-order valence-electron chi connectivity index (χ0n) is 14.2. The first-order valence-corrected chi connectivity index (χ1v) is 9.66. The normalized spacial score (nSPS) is 22.9. The largest absolute Gasteiger partial charge is 0.312 e. The highest BCUT2D eigenvalue weighted by Gasteiger charge is 2.26. The molecule has 2 rings (SSSR count). The zero-order valence-corrected chi connectivity index (χ0v) is 15.1. The molecule has 1 fully saturated rings. The summed E-state index contributed by atoms with van der Waals surface area (Å²) >= 11 is 1.98. The first-order chi connectivity index (χ1) is 10.2. The monoisotopic (exact) mass is 308 g/mol. The average Bonchev–Trinajstić information content (AvgIpc) is 2.88. The van der Waals surface area contributed by atoms with E-state index in [9.17, 15) is 0 Å². The molecule has 2 nitrogen and oxygen atoms in total. The number of thiazole rings is 1. The number of hydrogen-bond acceptors (Lipinski definition) is 3. The number of aryl methyl sites for hydroxylation is 1. The summed E-state index contributed by atoms with van der Waals surface area (Å²) in [6, 6.07) is 0. The molecule has 0 aromatic carbocycles. The first-order valence-electron chi connectivity index (χ1n) is 8.84. The molecule has 0 amide bonds. The molecule has 1 aliphatic carbocycles. The summed E-state index contributed by atoms with van der Waals surface area (Å²) in [5.41, 5.74) is 1.37. The Hall–Kier alpha value is -0.410. The number of rotatable bonds is 7. The van der Waals surface area contributed by atoms with Crippen LogP contribution in [-0.2, 0) is 13.0 Å². The Kier molecular flexibility index (Phi) is 6.69. The van der Waals surface area contributed by atoms with Crippen molar-refractivity contribution in [3.63, 3.8) is 0 Å². The molecule has 0 atom stereocenters. The van der Waals surface area contributed by atoms with E-state index in [0.717, 1.165) is 37.3 Å². The van der Waals surface area contributed by atoms with Gasteiger partial charge < -0.3 is 5.32 Å². The smallest absolute Gasteiger partial charge is 0.0962 e. The van der Waals surface area contributed by atoms with Gasteiger partial charge in [-0.2, -0.15) is 0 Å². The summed E-state index contributed by atoms with van der Waals surface area (Å²) in [7, 11) is 0. The molecule has 1 aromatic heterocycles. The van der Waals surface area contributed by atoms with Crippen molar-refractivity contribution in [3.05, 3.63) is 15.6 Å². The van der Waals surface area contributed by atoms with Crippen LogP contribution >= 0.6 is 11.3 Å². The molecular formula is C18H32N2S. The highest BCUT2D eigenvalue weighted by atomic mass is 32.1. The van der Waals surface area contributed by atoms with Crippen molar-refractivity contribution in [2.24, 2.45) is 11.8 Å². The summed E-state index contributed by atoms with van der Waals surface area (Å²) in [6.45, 7) is 11.2. The summed E-state index contributed by atoms with van der Waals surface area (Å²) in [4.78, 5) is 6.51. The maximum atomic E-state index is 5.02. The lowest BCUT2D eigenvalue weighted by Crippen LogP contribution is -2.17. The van der Waals surface area contributed by atoms with E-state index in [2.05, 4.69) is 33.0 Å². The van der Waals surface area contributed by atoms with Gasteiger partial charge in [0.15, 0.2) is 0 Å². The second-order valence-corrected chi connectivity index (χ2v) is 7.92. The van der Waals surface area contributed by atoms with Crippen LogP contribution in [0.15, 0.2) is 0 Å². The van der Waals surface area contributed by atoms with Crippen LogP contribution < -0.4 is 5.32 Å². The Balaban J connectivity index is 2.02. The molecule has 1 heterocycles. The van der Waals surface area contributed by atoms with E-state index >= 15 is 0 Å². The predicted octanol–water partition coefficient (Wildman–Crippen LogP) is 5.13. The van der Waals surface area contributed by atoms with Gasteiger partial charge in [0.05, 0.1) is 10.7 Å². The standard InChI is InChI=1S/C18H32N2S/c1-5-7-16-17(12-19-6-2)21-18(20-16)15-10-8-14(9-11-15)13(3)4/h13-15,19H,5-12H2,1-4H3. The lowest BCUT2D eigenvalue weighted by molar-refractivity contribution is 0.258. The van der Waals surface area contributed by atoms with E-state index < -0.39 is 0 Å². The maximum absolute atomic E-state index is 5.02. The van der Waals surface area contributed by atoms with Gasteiger partial charge in [-0.05, 0) is 50.5 Å². The van der Waals surface area contributed by atoms with E-state index in [1.54, 1.807) is 0 Å². The van der Waals surface area contributed by atoms with Gasteiger partial charge in [0.2, 0.25) is 0 Å². The van der Waals surface area contributed by atoms with Crippen LogP contribution in [0.2, 0.25) is 0 Å². The second kappa shape index (κ2) is 8.28. The molecule has 120 valence electrons. The lowest BCUT2D eigenvalue weighted by atomic mass is 9.77. The lowest BCUT2D eigenvalue weighted by Gasteiger charge is -2.29. The molecule has 0 aliphatic heterocycles. The fourth-order valence-corrected chi connectivity index (χ4v) is 4.67. The van der Waals surface area contributed by atoms with Gasteiger partial charge in [-0.15, -0.1) is 11.3 Å². The molecule has 1 saturated carbocycles. The molecule has 0 spiro atoms. The van der Waals surface area contributed by atoms with Crippen molar-refractivity contribution in [1.29, 1.82) is 0 Å². The van der Waals surface area contributed by atoms with Crippen LogP contribution in [-0.4, -0.2) is 11.5 Å². The topological polar surface area (TPSA) is 24.9 Å². The quantitative estimate of drug-likeness (QED) is 0.755. The molecule has 1 aromatic rings. The van der Waals surface area contributed by atoms with Gasteiger partial charge in [-0.1, -0.05) is 34.1 Å². The van der Waals surface area contributed by atoms with E-state index in [1.165, 1.54) is 47.7 Å². The Morgan fingerprint density at radius 2 is 1.90 bits per heavy atom. The highest BCUT2D eigenvalue weighted by Crippen LogP contribution is 2.40. The van der Waals surface area contributed by atoms with Gasteiger partial charge >= 0.3 is 0 Å². The fourth-order valence-electron chi connectivity index (χ4n) is 3.42. The molecule has 0 saturated heterocycles. The third-order valence-electron chi connectivity index (χ3n) is 4.88. The highest BCUT2D eigenvalue weighted by molar-refractivity contribution is 7.11. The van der Waals surface area contributed by atoms with Crippen molar-refractivity contribution in [2.45, 2.75) is 78.7 Å². The second-order valence-electron chi connectivity index (χ2n) is 6.81. The molecule has 0 unspecified atom stereocenters. The van der Waals surface area contributed by atoms with Crippen LogP contribution in [0.5, 0.6) is 0 Å². The van der Waals surface area contributed by atoms with Gasteiger partial charge in [0.1, 0.15) is 0 Å². The summed E-state index contributed by atoms with van der Waals surface area (Å²) in [5, 5.41) is 4.90. The van der Waals surface area contributed by atoms with Crippen LogP contribution in [0.25, 0.3) is 0 Å². The number of aromatic nitrogens is 1. The Morgan fingerprint density at radius 1 is 1.19 bits per heavy atom. The van der Waals surface area contributed by atoms with E-state index in [4.69, 9.17) is 4.98 Å². The molecule has 0 radical (unpaired) electrons. The summed E-state index contributed by atoms with van der Waals surface area (Å²) < 4.78 is 0. The molecule has 0 bridgehead atoms. The molecular weight excluding hydrogens is 276 g/mol. The zero-order chi connectivity index (χ0) is 15.2. The van der Waals surface area contributed by atoms with E-state index in [0.29, 0.717) is 0 Å². The first kappa shape index (κ1) is 17.0. The summed E-state index contributed by atoms with van der Waals surface area (Å²) in [6.07, 6.45) is 7.83. The molecule has 21 heavy (non-hydrogen) atoms. The van der Waals surface area contributed by atoms with Crippen LogP contribution in [0.1, 0.15) is 81.3 Å². The molecule has 1 N–H and O–H groups in total. The average molecular weight is 309 g/mol. The van der Waals surface area contributed by atoms with Gasteiger partial charge in [-0.25, -0.2) is 4.98 Å². The minimum atomic E-state index is 0.732. The Morgan fingerprint density at radius 3 is 2.48 bits per heavy atom. The number of nitrogens with one attached hydrogen (secondary N) is 1. The Bertz CT molecular complexity index is 417. The van der Waals surface area contributed by atoms with Gasteiger partial charge in [0.25, 0.3) is 0 Å². The molecule has 1 aliphatic rings. The van der Waals surface area contributed by atoms with Crippen molar-refractivity contribution in [2.75, 3.05) is 6.54 Å². The van der Waals surface area contributed by atoms with Crippen molar-refractivity contribution >= 4 is 11.3 Å². The summed E-state index contributed by atoms with van der Waals surface area (Å²) in [5.74, 6) is 2.52. The minimum Gasteiger partial charge on any atom is -0.312 e. The predicted molar refractivity (Wildman–Crippen MR) is 93.0 cm³/mol. The Labute approximate surface area is 134 Å². The maximum Gasteiger partial charge on any atom is 0.0962 e. The number of hydrogen-bond donors (Lipinski definition) is 1. The van der Waals surface area contributed by atoms with Crippen molar-refractivity contribution in [3.8, 4) is 0 Å². The van der Waals surface area contributed by atoms with Crippen LogP contribution in [0.3, 0.4) is 0 Å². The van der Waals surface area contributed by atoms with Crippen molar-refractivity contribution in [1.82, 2.24) is 10.3 Å². The number of nitrogens with zero attached hydrogens (tertiary/aromatic N) is 1.